The van der Waals surface area contributed by atoms with Crippen LogP contribution in [0.1, 0.15) is 77.0 Å². The topological polar surface area (TPSA) is 46.5 Å². The highest BCUT2D eigenvalue weighted by Crippen LogP contribution is 2.40. The Morgan fingerprint density at radius 1 is 1.14 bits per heavy atom. The van der Waals surface area contributed by atoms with E-state index in [4.69, 9.17) is 16.7 Å². The van der Waals surface area contributed by atoms with Crippen LogP contribution in [0, 0.1) is 23.6 Å². The second-order valence-corrected chi connectivity index (χ2v) is 8.75. The molecule has 0 unspecified atom stereocenters. The average Bonchev–Trinajstić information content (AvgIpc) is 2.72. The number of carbonyl (C=O) groups is 1. The first kappa shape index (κ1) is 23.7. The molecule has 0 saturated heterocycles. The van der Waals surface area contributed by atoms with E-state index in [-0.39, 0.29) is 10.8 Å². The van der Waals surface area contributed by atoms with E-state index >= 15 is 0 Å². The van der Waals surface area contributed by atoms with Crippen molar-refractivity contribution < 1.29 is 19.0 Å². The van der Waals surface area contributed by atoms with Gasteiger partial charge in [0.05, 0.1) is 5.02 Å². The van der Waals surface area contributed by atoms with Gasteiger partial charge in [-0.05, 0) is 55.6 Å². The number of carboxylic acid groups (broad SMARTS) is 1. The van der Waals surface area contributed by atoms with Gasteiger partial charge in [-0.3, -0.25) is 0 Å². The summed E-state index contributed by atoms with van der Waals surface area (Å²) >= 11 is 5.34. The maximum atomic E-state index is 12.6. The van der Waals surface area contributed by atoms with Crippen molar-refractivity contribution in [1.82, 2.24) is 0 Å². The van der Waals surface area contributed by atoms with Crippen molar-refractivity contribution in [3.8, 4) is 5.75 Å². The van der Waals surface area contributed by atoms with E-state index in [1.54, 1.807) is 25.7 Å². The maximum absolute atomic E-state index is 12.6. The number of allylic oxidation sites excluding steroid dienone is 1. The Labute approximate surface area is 179 Å². The molecule has 0 aliphatic heterocycles. The molecule has 2 aliphatic carbocycles. The Bertz CT molecular complexity index is 635. The molecule has 0 heterocycles. The summed E-state index contributed by atoms with van der Waals surface area (Å²) in [5.74, 6) is 2.46. The number of hydrogen-bond acceptors (Lipinski definition) is 2. The van der Waals surface area contributed by atoms with Crippen molar-refractivity contribution in [3.05, 3.63) is 41.7 Å². The molecule has 5 heteroatoms. The quantitative estimate of drug-likeness (QED) is 0.216. The van der Waals surface area contributed by atoms with Crippen LogP contribution in [0.15, 0.2) is 30.9 Å². The molecule has 0 bridgehead atoms. The van der Waals surface area contributed by atoms with Crippen LogP contribution in [0.5, 0.6) is 5.75 Å². The molecular weight excluding hydrogens is 391 g/mol. The zero-order valence-electron chi connectivity index (χ0n) is 17.3. The Kier molecular flexibility index (Phi) is 10.5. The smallest absolute Gasteiger partial charge is 0.449 e. The Hall–Kier alpha value is -1.55. The molecule has 2 saturated carbocycles. The molecule has 3 nitrogen and oxygen atoms in total. The van der Waals surface area contributed by atoms with Gasteiger partial charge >= 0.3 is 6.16 Å². The second kappa shape index (κ2) is 12.9. The monoisotopic (exact) mass is 424 g/mol. The van der Waals surface area contributed by atoms with Crippen molar-refractivity contribution in [3.63, 3.8) is 0 Å². The van der Waals surface area contributed by atoms with E-state index in [1.165, 1.54) is 63.5 Å². The Morgan fingerprint density at radius 3 is 2.38 bits per heavy atom. The predicted molar refractivity (Wildman–Crippen MR) is 116 cm³/mol. The van der Waals surface area contributed by atoms with Gasteiger partial charge in [-0.15, -0.1) is 6.58 Å². The Balaban J connectivity index is 0.000000221. The number of unbranched alkanes of at least 4 members (excludes halogenated alkanes) is 1. The molecule has 1 aromatic rings. The fourth-order valence-electron chi connectivity index (χ4n) is 4.75. The van der Waals surface area contributed by atoms with Crippen LogP contribution in [0.4, 0.5) is 9.18 Å². The van der Waals surface area contributed by atoms with Gasteiger partial charge in [0.2, 0.25) is 0 Å². The highest BCUT2D eigenvalue weighted by molar-refractivity contribution is 6.30. The molecule has 1 aromatic carbocycles. The SMILES string of the molecule is C=CCCC[C@H]1CC[C@H](C2CCCCC2)CC1.O=C(O)Oc1ccc(Cl)c(F)c1. The molecule has 0 atom stereocenters. The van der Waals surface area contributed by atoms with Gasteiger partial charge in [0, 0.05) is 6.07 Å². The number of halogens is 2. The molecule has 162 valence electrons. The van der Waals surface area contributed by atoms with Gasteiger partial charge < -0.3 is 9.84 Å². The van der Waals surface area contributed by atoms with E-state index in [2.05, 4.69) is 17.4 Å². The van der Waals surface area contributed by atoms with E-state index in [1.807, 2.05) is 0 Å². The standard InChI is InChI=1S/C17H30.C7H4ClFO3/c1-2-3-5-8-15-11-13-17(14-12-15)16-9-6-4-7-10-16;8-5-2-1-4(3-6(5)9)12-7(10)11/h2,15-17H,1,3-14H2;1-3H,(H,10,11)/t15-,17-;. The van der Waals surface area contributed by atoms with Crippen molar-refractivity contribution >= 4 is 17.8 Å². The van der Waals surface area contributed by atoms with Crippen LogP contribution in [-0.4, -0.2) is 11.3 Å². The molecule has 2 aliphatic rings. The first-order chi connectivity index (χ1) is 14.0. The zero-order chi connectivity index (χ0) is 21.1. The van der Waals surface area contributed by atoms with Crippen molar-refractivity contribution in [2.75, 3.05) is 0 Å². The van der Waals surface area contributed by atoms with E-state index < -0.39 is 12.0 Å². The third-order valence-electron chi connectivity index (χ3n) is 6.32. The van der Waals surface area contributed by atoms with E-state index in [0.717, 1.165) is 23.8 Å². The lowest BCUT2D eigenvalue weighted by atomic mass is 9.70. The van der Waals surface area contributed by atoms with E-state index in [9.17, 15) is 9.18 Å². The minimum absolute atomic E-state index is 0.0762. The minimum atomic E-state index is -1.49. The zero-order valence-corrected chi connectivity index (χ0v) is 18.0. The van der Waals surface area contributed by atoms with Gasteiger partial charge in [-0.2, -0.15) is 0 Å². The molecule has 0 amide bonds. The van der Waals surface area contributed by atoms with Crippen LogP contribution in [0.25, 0.3) is 0 Å². The molecule has 3 rings (SSSR count). The van der Waals surface area contributed by atoms with Crippen LogP contribution in [-0.2, 0) is 0 Å². The van der Waals surface area contributed by atoms with Crippen molar-refractivity contribution in [1.29, 1.82) is 0 Å². The highest BCUT2D eigenvalue weighted by atomic mass is 35.5. The summed E-state index contributed by atoms with van der Waals surface area (Å²) in [6, 6.07) is 3.38. The molecule has 0 spiro atoms. The van der Waals surface area contributed by atoms with Crippen LogP contribution in [0.2, 0.25) is 5.02 Å². The third-order valence-corrected chi connectivity index (χ3v) is 6.63. The second-order valence-electron chi connectivity index (χ2n) is 8.34. The normalized spacial score (nSPS) is 22.3. The van der Waals surface area contributed by atoms with Gasteiger partial charge in [0.1, 0.15) is 11.6 Å². The molecule has 1 N–H and O–H groups in total. The largest absolute Gasteiger partial charge is 0.511 e. The van der Waals surface area contributed by atoms with E-state index in [0.29, 0.717) is 0 Å². The number of benzene rings is 1. The summed E-state index contributed by atoms with van der Waals surface area (Å²) in [7, 11) is 0. The molecule has 0 radical (unpaired) electrons. The number of ether oxygens (including phenoxy) is 1. The minimum Gasteiger partial charge on any atom is -0.449 e. The fourth-order valence-corrected chi connectivity index (χ4v) is 4.86. The van der Waals surface area contributed by atoms with Crippen molar-refractivity contribution in [2.24, 2.45) is 17.8 Å². The van der Waals surface area contributed by atoms with Gasteiger partial charge in [-0.1, -0.05) is 69.0 Å². The fraction of sp³-hybridized carbons (Fsp3) is 0.625. The Morgan fingerprint density at radius 2 is 1.79 bits per heavy atom. The average molecular weight is 425 g/mol. The van der Waals surface area contributed by atoms with Crippen molar-refractivity contribution in [2.45, 2.75) is 77.0 Å². The molecule has 2 fully saturated rings. The predicted octanol–water partition coefficient (Wildman–Crippen LogP) is 8.27. The summed E-state index contributed by atoms with van der Waals surface area (Å²) in [4.78, 5) is 9.99. The first-order valence-electron chi connectivity index (χ1n) is 11.0. The molecule has 0 aromatic heterocycles. The number of rotatable bonds is 6. The van der Waals surface area contributed by atoms with Gasteiger partial charge in [-0.25, -0.2) is 9.18 Å². The van der Waals surface area contributed by atoms with Gasteiger partial charge in [0.15, 0.2) is 0 Å². The summed E-state index contributed by atoms with van der Waals surface area (Å²) in [5, 5.41) is 8.07. The van der Waals surface area contributed by atoms with Crippen LogP contribution < -0.4 is 4.74 Å². The molecular formula is C24H34ClFO3. The molecule has 29 heavy (non-hydrogen) atoms. The summed E-state index contributed by atoms with van der Waals surface area (Å²) in [6.07, 6.45) is 18.4. The lowest BCUT2D eigenvalue weighted by molar-refractivity contribution is 0.144. The van der Waals surface area contributed by atoms with Crippen LogP contribution >= 0.6 is 11.6 Å². The van der Waals surface area contributed by atoms with Crippen LogP contribution in [0.3, 0.4) is 0 Å². The third kappa shape index (κ3) is 8.77. The number of hydrogen-bond donors (Lipinski definition) is 1. The first-order valence-corrected chi connectivity index (χ1v) is 11.3. The maximum Gasteiger partial charge on any atom is 0.511 e. The summed E-state index contributed by atoms with van der Waals surface area (Å²) in [5.41, 5.74) is 0. The van der Waals surface area contributed by atoms with Gasteiger partial charge in [0.25, 0.3) is 0 Å². The lowest BCUT2D eigenvalue weighted by Crippen LogP contribution is -2.23. The summed E-state index contributed by atoms with van der Waals surface area (Å²) in [6.45, 7) is 3.82. The highest BCUT2D eigenvalue weighted by Gasteiger charge is 2.28. The summed E-state index contributed by atoms with van der Waals surface area (Å²) < 4.78 is 16.8. The lowest BCUT2D eigenvalue weighted by Gasteiger charge is -2.35.